The maximum absolute atomic E-state index is 11.6. The van der Waals surface area contributed by atoms with Gasteiger partial charge in [-0.05, 0) is 42.0 Å². The van der Waals surface area contributed by atoms with E-state index >= 15 is 0 Å². The Balaban J connectivity index is 0.00000243. The minimum absolute atomic E-state index is 0. The minimum atomic E-state index is -0.105. The van der Waals surface area contributed by atoms with Crippen LogP contribution in [-0.4, -0.2) is 21.8 Å². The van der Waals surface area contributed by atoms with Crippen LogP contribution in [0.15, 0.2) is 59.8 Å². The van der Waals surface area contributed by atoms with Crippen LogP contribution in [0.5, 0.6) is 5.75 Å². The van der Waals surface area contributed by atoms with Gasteiger partial charge in [0.2, 0.25) is 5.11 Å². The molecule has 11 heteroatoms. The van der Waals surface area contributed by atoms with Crippen LogP contribution in [-0.2, 0) is 17.1 Å². The number of nitrogens with one attached hydrogen (secondary N) is 3. The molecule has 3 rings (SSSR count). The molecule has 0 spiro atoms. The molecule has 0 atom stereocenters. The maximum atomic E-state index is 11.6. The van der Waals surface area contributed by atoms with E-state index in [-0.39, 0.29) is 45.8 Å². The number of rotatable bonds is 4. The van der Waals surface area contributed by atoms with Crippen molar-refractivity contribution < 1.29 is 40.1 Å². The Morgan fingerprint density at radius 2 is 1.93 bits per heavy atom. The van der Waals surface area contributed by atoms with Gasteiger partial charge < -0.3 is 23.0 Å². The minimum Gasteiger partial charge on any atom is -1.00 e. The summed E-state index contributed by atoms with van der Waals surface area (Å²) < 4.78 is 0. The van der Waals surface area contributed by atoms with E-state index < -0.39 is 0 Å². The molecule has 1 heterocycles. The fraction of sp³-hybridized carbons (Fsp3) is 0. The third-order valence-corrected chi connectivity index (χ3v) is 3.73. The number of hydrogen-bond donors (Lipinski definition) is 3. The van der Waals surface area contributed by atoms with Crippen LogP contribution in [0.1, 0.15) is 5.56 Å². The van der Waals surface area contributed by atoms with Gasteiger partial charge in [0.1, 0.15) is 0 Å². The third-order valence-electron chi connectivity index (χ3n) is 3.30. The van der Waals surface area contributed by atoms with E-state index in [1.165, 1.54) is 12.3 Å². The molecule has 0 saturated carbocycles. The standard InChI is InChI=1S/C17H14ClN5OS.ClH.Mn.H2O/c18-12-5-6-13-14(7-8-19-15(13)9-12)21-23-17(25)22-20-10-11-3-1-2-4-16(11)24;;;/h1-10,24H,(H,19,21)(H2,22,23,25);1H;;1H2/q;;+2;/p-2/b20-10+;;;. The SMILES string of the molecule is O.[Cl-].[Mn+2].[O-]c1ccccc1/C=N/NC(=S)NNc1ccnc2cc(Cl)ccc12. The fourth-order valence-corrected chi connectivity index (χ4v) is 2.40. The quantitative estimate of drug-likeness (QED) is 0.191. The molecule has 0 saturated heterocycles. The number of anilines is 1. The van der Waals surface area contributed by atoms with Crippen molar-refractivity contribution in [3.05, 3.63) is 65.3 Å². The second-order valence-corrected chi connectivity index (χ2v) is 5.85. The summed E-state index contributed by atoms with van der Waals surface area (Å²) in [6.07, 6.45) is 3.09. The zero-order valence-electron chi connectivity index (χ0n) is 14.1. The molecule has 28 heavy (non-hydrogen) atoms. The Kier molecular flexibility index (Phi) is 11.4. The number of aromatic nitrogens is 1. The van der Waals surface area contributed by atoms with Crippen LogP contribution < -0.4 is 33.8 Å². The molecule has 0 unspecified atom stereocenters. The molecular weight excluding hydrogens is 464 g/mol. The number of halogens is 2. The molecule has 0 amide bonds. The van der Waals surface area contributed by atoms with Gasteiger partial charge in [0, 0.05) is 16.6 Å². The van der Waals surface area contributed by atoms with Gasteiger partial charge >= 0.3 is 17.1 Å². The number of nitrogens with zero attached hydrogens (tertiary/aromatic N) is 2. The molecule has 0 aliphatic heterocycles. The molecule has 0 aliphatic rings. The summed E-state index contributed by atoms with van der Waals surface area (Å²) in [7, 11) is 0. The monoisotopic (exact) mass is 478 g/mol. The Morgan fingerprint density at radius 3 is 2.68 bits per heavy atom. The van der Waals surface area contributed by atoms with E-state index in [1.807, 2.05) is 12.1 Å². The number of thiocarbonyl (C=S) groups is 1. The molecule has 0 aliphatic carbocycles. The van der Waals surface area contributed by atoms with E-state index in [4.69, 9.17) is 23.8 Å². The van der Waals surface area contributed by atoms with Crippen LogP contribution in [0.2, 0.25) is 5.02 Å². The summed E-state index contributed by atoms with van der Waals surface area (Å²) in [6.45, 7) is 0. The molecule has 1 radical (unpaired) electrons. The van der Waals surface area contributed by atoms with Crippen molar-refractivity contribution in [3.63, 3.8) is 0 Å². The predicted octanol–water partition coefficient (Wildman–Crippen LogP) is -1.04. The summed E-state index contributed by atoms with van der Waals surface area (Å²) in [6, 6.07) is 13.8. The number of hydrogen-bond acceptors (Lipinski definition) is 5. The summed E-state index contributed by atoms with van der Waals surface area (Å²) in [5.41, 5.74) is 10.5. The van der Waals surface area contributed by atoms with Crippen molar-refractivity contribution in [2.75, 3.05) is 5.43 Å². The van der Waals surface area contributed by atoms with Crippen LogP contribution in [0.3, 0.4) is 0 Å². The van der Waals surface area contributed by atoms with Crippen molar-refractivity contribution in [1.29, 1.82) is 0 Å². The van der Waals surface area contributed by atoms with Gasteiger partial charge in [0.05, 0.1) is 17.4 Å². The number of hydrazine groups is 1. The molecule has 3 aromatic rings. The number of pyridine rings is 1. The molecule has 1 aromatic heterocycles. The number of benzene rings is 2. The molecule has 7 nitrogen and oxygen atoms in total. The van der Waals surface area contributed by atoms with Gasteiger partial charge in [-0.2, -0.15) is 5.10 Å². The number of hydrazone groups is 1. The summed E-state index contributed by atoms with van der Waals surface area (Å²) in [5, 5.41) is 17.3. The smallest absolute Gasteiger partial charge is 1.00 e. The zero-order valence-corrected chi connectivity index (χ0v) is 17.6. The number of fused-ring (bicyclic) bond motifs is 1. The van der Waals surface area contributed by atoms with E-state index in [2.05, 4.69) is 26.4 Å². The molecule has 5 N–H and O–H groups in total. The molecule has 0 bridgehead atoms. The van der Waals surface area contributed by atoms with Crippen LogP contribution in [0.4, 0.5) is 5.69 Å². The molecule has 2 aromatic carbocycles. The Hall–Kier alpha value is -2.13. The van der Waals surface area contributed by atoms with Crippen molar-refractivity contribution >= 4 is 51.7 Å². The van der Waals surface area contributed by atoms with Crippen molar-refractivity contribution in [2.45, 2.75) is 0 Å². The van der Waals surface area contributed by atoms with E-state index in [9.17, 15) is 5.11 Å². The first-order chi connectivity index (χ1) is 12.1. The maximum Gasteiger partial charge on any atom is 2.00 e. The average Bonchev–Trinajstić information content (AvgIpc) is 2.61. The van der Waals surface area contributed by atoms with Gasteiger partial charge in [-0.3, -0.25) is 21.3 Å². The summed E-state index contributed by atoms with van der Waals surface area (Å²) in [5.74, 6) is -0.105. The van der Waals surface area contributed by atoms with Gasteiger partial charge in [-0.15, -0.1) is 0 Å². The molecule has 147 valence electrons. The summed E-state index contributed by atoms with van der Waals surface area (Å²) >= 11 is 11.1. The van der Waals surface area contributed by atoms with Crippen molar-refractivity contribution in [1.82, 2.24) is 15.8 Å². The Morgan fingerprint density at radius 1 is 1.18 bits per heavy atom. The topological polar surface area (TPSA) is 116 Å². The van der Waals surface area contributed by atoms with Crippen molar-refractivity contribution in [2.24, 2.45) is 5.10 Å². The van der Waals surface area contributed by atoms with Gasteiger partial charge in [0.15, 0.2) is 0 Å². The first kappa shape index (κ1) is 25.9. The van der Waals surface area contributed by atoms with E-state index in [0.29, 0.717) is 10.6 Å². The van der Waals surface area contributed by atoms with Gasteiger partial charge in [-0.25, -0.2) is 0 Å². The zero-order chi connectivity index (χ0) is 17.6. The number of para-hydroxylation sites is 1. The average molecular weight is 479 g/mol. The van der Waals surface area contributed by atoms with Crippen LogP contribution in [0, 0.1) is 0 Å². The summed E-state index contributed by atoms with van der Waals surface area (Å²) in [4.78, 5) is 4.27. The Bertz CT molecular complexity index is 962. The fourth-order valence-electron chi connectivity index (χ4n) is 2.13. The van der Waals surface area contributed by atoms with Crippen LogP contribution in [0.25, 0.3) is 10.9 Å². The Labute approximate surface area is 188 Å². The van der Waals surface area contributed by atoms with E-state index in [1.54, 1.807) is 36.5 Å². The predicted molar refractivity (Wildman–Crippen MR) is 106 cm³/mol. The normalized spacial score (nSPS) is 9.61. The first-order valence-electron chi connectivity index (χ1n) is 7.29. The second kappa shape index (κ2) is 12.4. The molecule has 0 fully saturated rings. The molecular formula is C17H15Cl2MnN5O2S. The van der Waals surface area contributed by atoms with Crippen LogP contribution >= 0.6 is 23.8 Å². The van der Waals surface area contributed by atoms with E-state index in [0.717, 1.165) is 16.6 Å². The third kappa shape index (κ3) is 6.79. The van der Waals surface area contributed by atoms with Gasteiger partial charge in [-0.1, -0.05) is 41.6 Å². The second-order valence-electron chi connectivity index (χ2n) is 5.01. The first-order valence-corrected chi connectivity index (χ1v) is 8.07. The van der Waals surface area contributed by atoms with Crippen molar-refractivity contribution in [3.8, 4) is 5.75 Å². The largest absolute Gasteiger partial charge is 2.00 e. The van der Waals surface area contributed by atoms with Gasteiger partial charge in [0.25, 0.3) is 0 Å².